The number of carboxylic acids is 1. The molecule has 2 aromatic carbocycles. The second-order valence-electron chi connectivity index (χ2n) is 4.00. The zero-order valence-corrected chi connectivity index (χ0v) is 10.9. The summed E-state index contributed by atoms with van der Waals surface area (Å²) in [4.78, 5) is 15.3. The second kappa shape index (κ2) is 4.90. The van der Waals surface area contributed by atoms with Gasteiger partial charge in [0.25, 0.3) is 5.19 Å². The topological polar surface area (TPSA) is 59.4 Å². The minimum atomic E-state index is -1.25. The Morgan fingerprint density at radius 1 is 1.25 bits per heavy atom. The molecule has 3 aromatic rings. The predicted octanol–water partition coefficient (Wildman–Crippen LogP) is 3.93. The standard InChI is InChI=1S/C14H8FNO3S/c15-8-5-6-11(9(7-8)13(17)18)19-14-16-10-3-1-2-4-12(10)20-14/h1-7H,(H,17,18). The lowest BCUT2D eigenvalue weighted by atomic mass is 10.2. The second-order valence-corrected chi connectivity index (χ2v) is 4.99. The third kappa shape index (κ3) is 2.33. The molecule has 0 unspecified atom stereocenters. The summed E-state index contributed by atoms with van der Waals surface area (Å²) in [5.74, 6) is -1.81. The van der Waals surface area contributed by atoms with Crippen molar-refractivity contribution in [3.05, 3.63) is 53.8 Å². The van der Waals surface area contributed by atoms with Gasteiger partial charge in [-0.05, 0) is 30.3 Å². The van der Waals surface area contributed by atoms with Crippen LogP contribution >= 0.6 is 11.3 Å². The van der Waals surface area contributed by atoms with Crippen molar-refractivity contribution in [2.24, 2.45) is 0 Å². The quantitative estimate of drug-likeness (QED) is 0.793. The maximum Gasteiger partial charge on any atom is 0.339 e. The van der Waals surface area contributed by atoms with Gasteiger partial charge in [-0.15, -0.1) is 0 Å². The SMILES string of the molecule is O=C(O)c1cc(F)ccc1Oc1nc2ccccc2s1. The average Bonchev–Trinajstić information content (AvgIpc) is 2.82. The van der Waals surface area contributed by atoms with Gasteiger partial charge in [-0.1, -0.05) is 23.5 Å². The van der Waals surface area contributed by atoms with Gasteiger partial charge in [0, 0.05) is 0 Å². The molecule has 0 fully saturated rings. The molecular weight excluding hydrogens is 281 g/mol. The van der Waals surface area contributed by atoms with Gasteiger partial charge < -0.3 is 9.84 Å². The van der Waals surface area contributed by atoms with Gasteiger partial charge in [-0.2, -0.15) is 0 Å². The minimum Gasteiger partial charge on any atom is -0.478 e. The highest BCUT2D eigenvalue weighted by Crippen LogP contribution is 2.32. The third-order valence-corrected chi connectivity index (χ3v) is 3.56. The molecule has 1 heterocycles. The van der Waals surface area contributed by atoms with Gasteiger partial charge in [0.15, 0.2) is 0 Å². The molecule has 0 radical (unpaired) electrons. The number of benzene rings is 2. The lowest BCUT2D eigenvalue weighted by molar-refractivity contribution is 0.0693. The molecule has 1 N–H and O–H groups in total. The summed E-state index contributed by atoms with van der Waals surface area (Å²) in [6.07, 6.45) is 0. The summed E-state index contributed by atoms with van der Waals surface area (Å²) < 4.78 is 19.5. The molecule has 0 amide bonds. The molecule has 100 valence electrons. The molecule has 1 aromatic heterocycles. The van der Waals surface area contributed by atoms with Crippen molar-refractivity contribution in [3.63, 3.8) is 0 Å². The first-order valence-electron chi connectivity index (χ1n) is 5.70. The first-order valence-corrected chi connectivity index (χ1v) is 6.51. The summed E-state index contributed by atoms with van der Waals surface area (Å²) >= 11 is 1.30. The molecule has 0 aliphatic heterocycles. The number of hydrogen-bond donors (Lipinski definition) is 1. The number of para-hydroxylation sites is 1. The highest BCUT2D eigenvalue weighted by molar-refractivity contribution is 7.20. The number of ether oxygens (including phenoxy) is 1. The largest absolute Gasteiger partial charge is 0.478 e. The van der Waals surface area contributed by atoms with E-state index in [1.165, 1.54) is 17.4 Å². The van der Waals surface area contributed by atoms with Crippen LogP contribution in [0.5, 0.6) is 10.9 Å². The Morgan fingerprint density at radius 3 is 2.80 bits per heavy atom. The maximum absolute atomic E-state index is 13.1. The summed E-state index contributed by atoms with van der Waals surface area (Å²) in [6, 6.07) is 10.8. The van der Waals surface area contributed by atoms with E-state index in [0.29, 0.717) is 5.19 Å². The van der Waals surface area contributed by atoms with Crippen LogP contribution in [0, 0.1) is 5.82 Å². The molecule has 0 bridgehead atoms. The highest BCUT2D eigenvalue weighted by Gasteiger charge is 2.15. The predicted molar refractivity (Wildman–Crippen MR) is 73.1 cm³/mol. The van der Waals surface area contributed by atoms with Crippen LogP contribution in [0.1, 0.15) is 10.4 Å². The van der Waals surface area contributed by atoms with E-state index in [4.69, 9.17) is 9.84 Å². The van der Waals surface area contributed by atoms with Crippen LogP contribution in [0.15, 0.2) is 42.5 Å². The number of rotatable bonds is 3. The Balaban J connectivity index is 2.00. The highest BCUT2D eigenvalue weighted by atomic mass is 32.1. The van der Waals surface area contributed by atoms with E-state index >= 15 is 0 Å². The van der Waals surface area contributed by atoms with E-state index < -0.39 is 11.8 Å². The molecule has 3 rings (SSSR count). The number of aromatic nitrogens is 1. The number of carbonyl (C=O) groups is 1. The molecule has 0 aliphatic rings. The molecule has 0 saturated heterocycles. The number of nitrogens with zero attached hydrogens (tertiary/aromatic N) is 1. The summed E-state index contributed by atoms with van der Waals surface area (Å²) in [7, 11) is 0. The fourth-order valence-electron chi connectivity index (χ4n) is 1.75. The van der Waals surface area contributed by atoms with Crippen LogP contribution < -0.4 is 4.74 Å². The van der Waals surface area contributed by atoms with Crippen molar-refractivity contribution in [2.45, 2.75) is 0 Å². The molecule has 0 atom stereocenters. The molecule has 0 saturated carbocycles. The lowest BCUT2D eigenvalue weighted by Crippen LogP contribution is -2.00. The van der Waals surface area contributed by atoms with E-state index in [1.807, 2.05) is 24.3 Å². The number of thiazole rings is 1. The van der Waals surface area contributed by atoms with Crippen LogP contribution in [0.25, 0.3) is 10.2 Å². The van der Waals surface area contributed by atoms with E-state index in [0.717, 1.165) is 22.3 Å². The molecule has 20 heavy (non-hydrogen) atoms. The van der Waals surface area contributed by atoms with E-state index in [-0.39, 0.29) is 11.3 Å². The normalized spacial score (nSPS) is 10.7. The van der Waals surface area contributed by atoms with Crippen LogP contribution in [0.2, 0.25) is 0 Å². The average molecular weight is 289 g/mol. The van der Waals surface area contributed by atoms with Gasteiger partial charge >= 0.3 is 5.97 Å². The first-order chi connectivity index (χ1) is 9.63. The third-order valence-electron chi connectivity index (χ3n) is 2.64. The van der Waals surface area contributed by atoms with Gasteiger partial charge in [0.2, 0.25) is 0 Å². The molecular formula is C14H8FNO3S. The lowest BCUT2D eigenvalue weighted by Gasteiger charge is -2.05. The maximum atomic E-state index is 13.1. The van der Waals surface area contributed by atoms with E-state index in [9.17, 15) is 9.18 Å². The van der Waals surface area contributed by atoms with Gasteiger partial charge in [0.05, 0.1) is 10.2 Å². The Morgan fingerprint density at radius 2 is 2.05 bits per heavy atom. The Labute approximate surface area is 117 Å². The number of halogens is 1. The van der Waals surface area contributed by atoms with Crippen molar-refractivity contribution in [3.8, 4) is 10.9 Å². The Bertz CT molecular complexity index is 767. The molecule has 6 heteroatoms. The van der Waals surface area contributed by atoms with Crippen molar-refractivity contribution in [2.75, 3.05) is 0 Å². The van der Waals surface area contributed by atoms with Gasteiger partial charge in [-0.25, -0.2) is 14.2 Å². The number of aromatic carboxylic acids is 1. The number of carboxylic acid groups (broad SMARTS) is 1. The van der Waals surface area contributed by atoms with Crippen molar-refractivity contribution in [1.29, 1.82) is 0 Å². The summed E-state index contributed by atoms with van der Waals surface area (Å²) in [5, 5.41) is 9.36. The van der Waals surface area contributed by atoms with E-state index in [2.05, 4.69) is 4.98 Å². The number of hydrogen-bond acceptors (Lipinski definition) is 4. The molecule has 4 nitrogen and oxygen atoms in total. The minimum absolute atomic E-state index is 0.0676. The van der Waals surface area contributed by atoms with Crippen LogP contribution in [-0.4, -0.2) is 16.1 Å². The van der Waals surface area contributed by atoms with Crippen molar-refractivity contribution >= 4 is 27.5 Å². The van der Waals surface area contributed by atoms with Crippen LogP contribution in [0.4, 0.5) is 4.39 Å². The smallest absolute Gasteiger partial charge is 0.339 e. The van der Waals surface area contributed by atoms with E-state index in [1.54, 1.807) is 0 Å². The first kappa shape index (κ1) is 12.6. The summed E-state index contributed by atoms with van der Waals surface area (Å²) in [6.45, 7) is 0. The van der Waals surface area contributed by atoms with Crippen molar-refractivity contribution < 1.29 is 19.0 Å². The molecule has 0 spiro atoms. The summed E-state index contributed by atoms with van der Waals surface area (Å²) in [5.41, 5.74) is 0.538. The monoisotopic (exact) mass is 289 g/mol. The van der Waals surface area contributed by atoms with Crippen molar-refractivity contribution in [1.82, 2.24) is 4.98 Å². The Kier molecular flexibility index (Phi) is 3.08. The van der Waals surface area contributed by atoms with Gasteiger partial charge in [0.1, 0.15) is 17.1 Å². The number of fused-ring (bicyclic) bond motifs is 1. The fraction of sp³-hybridized carbons (Fsp3) is 0. The zero-order valence-electron chi connectivity index (χ0n) is 10.0. The fourth-order valence-corrected chi connectivity index (χ4v) is 2.58. The zero-order chi connectivity index (χ0) is 14.1. The van der Waals surface area contributed by atoms with Crippen LogP contribution in [-0.2, 0) is 0 Å². The van der Waals surface area contributed by atoms with Gasteiger partial charge in [-0.3, -0.25) is 0 Å². The van der Waals surface area contributed by atoms with Crippen LogP contribution in [0.3, 0.4) is 0 Å². The molecule has 0 aliphatic carbocycles. The Hall–Kier alpha value is -2.47.